The topological polar surface area (TPSA) is 12.0 Å². The third-order valence-electron chi connectivity index (χ3n) is 3.87. The zero-order chi connectivity index (χ0) is 14.7. The number of para-hydroxylation sites is 1. The van der Waals surface area contributed by atoms with Crippen LogP contribution in [0.25, 0.3) is 0 Å². The first-order chi connectivity index (χ1) is 10.2. The summed E-state index contributed by atoms with van der Waals surface area (Å²) in [5.41, 5.74) is 2.19. The minimum Gasteiger partial charge on any atom is -0.381 e. The Morgan fingerprint density at radius 1 is 0.952 bits per heavy atom. The molecule has 0 radical (unpaired) electrons. The molecule has 0 saturated heterocycles. The molecule has 1 aliphatic carbocycles. The zero-order valence-electron chi connectivity index (χ0n) is 11.5. The molecule has 0 aromatic heterocycles. The molecule has 0 bridgehead atoms. The Morgan fingerprint density at radius 2 is 1.62 bits per heavy atom. The molecule has 110 valence electrons. The Hall–Kier alpha value is -1.55. The Balaban J connectivity index is 1.60. The van der Waals surface area contributed by atoms with Gasteiger partial charge >= 0.3 is 0 Å². The number of alkyl halides is 2. The van der Waals surface area contributed by atoms with Crippen LogP contribution in [0.1, 0.15) is 24.3 Å². The molecular formula is C17H17F2NS. The molecule has 0 aliphatic heterocycles. The summed E-state index contributed by atoms with van der Waals surface area (Å²) >= 11 is 0.603. The summed E-state index contributed by atoms with van der Waals surface area (Å²) in [4.78, 5) is 0.621. The van der Waals surface area contributed by atoms with Crippen molar-refractivity contribution in [1.82, 2.24) is 0 Å². The summed E-state index contributed by atoms with van der Waals surface area (Å²) in [6, 6.07) is 18.1. The maximum atomic E-state index is 12.6. The number of hydrogen-bond donors (Lipinski definition) is 1. The van der Waals surface area contributed by atoms with Crippen LogP contribution in [-0.4, -0.2) is 11.8 Å². The molecule has 1 fully saturated rings. The van der Waals surface area contributed by atoms with Crippen LogP contribution < -0.4 is 5.32 Å². The van der Waals surface area contributed by atoms with Crippen molar-refractivity contribution >= 4 is 17.4 Å². The SMILES string of the molecule is FC(F)Sc1ccccc1NC1CC(c2ccccc2)C1. The minimum atomic E-state index is -2.38. The third-order valence-corrected chi connectivity index (χ3v) is 4.66. The monoisotopic (exact) mass is 305 g/mol. The first-order valence-electron chi connectivity index (χ1n) is 7.07. The highest BCUT2D eigenvalue weighted by Crippen LogP contribution is 2.40. The van der Waals surface area contributed by atoms with Gasteiger partial charge in [0.1, 0.15) is 0 Å². The fourth-order valence-corrected chi connectivity index (χ4v) is 3.34. The molecule has 1 N–H and O–H groups in total. The molecule has 2 aromatic carbocycles. The predicted octanol–water partition coefficient (Wildman–Crippen LogP) is 5.36. The van der Waals surface area contributed by atoms with Crippen molar-refractivity contribution in [2.75, 3.05) is 5.32 Å². The van der Waals surface area contributed by atoms with E-state index in [4.69, 9.17) is 0 Å². The second-order valence-electron chi connectivity index (χ2n) is 5.29. The lowest BCUT2D eigenvalue weighted by Crippen LogP contribution is -2.34. The van der Waals surface area contributed by atoms with Gasteiger partial charge in [-0.1, -0.05) is 54.2 Å². The van der Waals surface area contributed by atoms with E-state index >= 15 is 0 Å². The van der Waals surface area contributed by atoms with Gasteiger partial charge in [0.25, 0.3) is 5.76 Å². The molecule has 21 heavy (non-hydrogen) atoms. The fourth-order valence-electron chi connectivity index (χ4n) is 2.74. The van der Waals surface area contributed by atoms with Gasteiger partial charge in [-0.15, -0.1) is 0 Å². The van der Waals surface area contributed by atoms with Crippen LogP contribution in [0, 0.1) is 0 Å². The van der Waals surface area contributed by atoms with Gasteiger partial charge < -0.3 is 5.32 Å². The minimum absolute atomic E-state index is 0.370. The Kier molecular flexibility index (Phi) is 4.44. The Labute approximate surface area is 127 Å². The fraction of sp³-hybridized carbons (Fsp3) is 0.294. The van der Waals surface area contributed by atoms with Gasteiger partial charge in [-0.05, 0) is 36.5 Å². The van der Waals surface area contributed by atoms with E-state index in [2.05, 4.69) is 29.6 Å². The van der Waals surface area contributed by atoms with E-state index in [-0.39, 0.29) is 0 Å². The number of thioether (sulfide) groups is 1. The van der Waals surface area contributed by atoms with Crippen LogP contribution in [0.2, 0.25) is 0 Å². The number of rotatable bonds is 5. The van der Waals surface area contributed by atoms with Gasteiger partial charge in [0, 0.05) is 16.6 Å². The van der Waals surface area contributed by atoms with Crippen molar-refractivity contribution in [2.24, 2.45) is 0 Å². The van der Waals surface area contributed by atoms with Crippen LogP contribution in [0.5, 0.6) is 0 Å². The lowest BCUT2D eigenvalue weighted by atomic mass is 9.76. The van der Waals surface area contributed by atoms with Crippen LogP contribution in [-0.2, 0) is 0 Å². The second-order valence-corrected chi connectivity index (χ2v) is 6.33. The highest BCUT2D eigenvalue weighted by atomic mass is 32.2. The van der Waals surface area contributed by atoms with Gasteiger partial charge in [-0.3, -0.25) is 0 Å². The van der Waals surface area contributed by atoms with E-state index in [0.717, 1.165) is 18.5 Å². The molecule has 0 heterocycles. The van der Waals surface area contributed by atoms with Crippen LogP contribution >= 0.6 is 11.8 Å². The normalized spacial score (nSPS) is 21.1. The van der Waals surface area contributed by atoms with E-state index in [1.165, 1.54) is 5.56 Å². The quantitative estimate of drug-likeness (QED) is 0.746. The van der Waals surface area contributed by atoms with Crippen molar-refractivity contribution in [3.05, 3.63) is 60.2 Å². The maximum absolute atomic E-state index is 12.6. The maximum Gasteiger partial charge on any atom is 0.288 e. The van der Waals surface area contributed by atoms with E-state index in [1.807, 2.05) is 18.2 Å². The molecule has 1 aliphatic rings. The number of anilines is 1. The zero-order valence-corrected chi connectivity index (χ0v) is 12.3. The van der Waals surface area contributed by atoms with Gasteiger partial charge in [-0.2, -0.15) is 8.78 Å². The summed E-state index contributed by atoms with van der Waals surface area (Å²) in [6.07, 6.45) is 2.11. The van der Waals surface area contributed by atoms with Crippen LogP contribution in [0.15, 0.2) is 59.5 Å². The number of benzene rings is 2. The molecular weight excluding hydrogens is 288 g/mol. The summed E-state index contributed by atoms with van der Waals surface area (Å²) in [5, 5.41) is 3.40. The number of nitrogens with one attached hydrogen (secondary N) is 1. The summed E-state index contributed by atoms with van der Waals surface area (Å²) in [5.74, 6) is -1.80. The molecule has 4 heteroatoms. The average molecular weight is 305 g/mol. The molecule has 0 atom stereocenters. The lowest BCUT2D eigenvalue weighted by molar-refractivity contribution is 0.252. The predicted molar refractivity (Wildman–Crippen MR) is 84.1 cm³/mol. The number of hydrogen-bond acceptors (Lipinski definition) is 2. The smallest absolute Gasteiger partial charge is 0.288 e. The summed E-state index contributed by atoms with van der Waals surface area (Å²) in [7, 11) is 0. The largest absolute Gasteiger partial charge is 0.381 e. The third kappa shape index (κ3) is 3.56. The van der Waals surface area contributed by atoms with Crippen molar-refractivity contribution < 1.29 is 8.78 Å². The Morgan fingerprint density at radius 3 is 2.33 bits per heavy atom. The van der Waals surface area contributed by atoms with Crippen molar-refractivity contribution in [3.63, 3.8) is 0 Å². The first kappa shape index (κ1) is 14.4. The van der Waals surface area contributed by atoms with Gasteiger partial charge in [0.2, 0.25) is 0 Å². The highest BCUT2D eigenvalue weighted by Gasteiger charge is 2.30. The van der Waals surface area contributed by atoms with E-state index in [9.17, 15) is 8.78 Å². The van der Waals surface area contributed by atoms with Crippen molar-refractivity contribution in [2.45, 2.75) is 35.5 Å². The molecule has 2 aromatic rings. The molecule has 0 amide bonds. The lowest BCUT2D eigenvalue weighted by Gasteiger charge is -2.37. The molecule has 1 nitrogen and oxygen atoms in total. The number of halogens is 2. The van der Waals surface area contributed by atoms with E-state index < -0.39 is 5.76 Å². The highest BCUT2D eigenvalue weighted by molar-refractivity contribution is 7.99. The molecule has 1 saturated carbocycles. The van der Waals surface area contributed by atoms with Gasteiger partial charge in [0.05, 0.1) is 0 Å². The van der Waals surface area contributed by atoms with E-state index in [0.29, 0.717) is 28.6 Å². The van der Waals surface area contributed by atoms with Crippen LogP contribution in [0.3, 0.4) is 0 Å². The van der Waals surface area contributed by atoms with Gasteiger partial charge in [0.15, 0.2) is 0 Å². The second kappa shape index (κ2) is 6.48. The molecule has 0 spiro atoms. The summed E-state index contributed by atoms with van der Waals surface area (Å²) in [6.45, 7) is 0. The standard InChI is InChI=1S/C17H17F2NS/c18-17(19)21-16-9-5-4-8-15(16)20-14-10-13(11-14)12-6-2-1-3-7-12/h1-9,13-14,17,20H,10-11H2. The van der Waals surface area contributed by atoms with Gasteiger partial charge in [-0.25, -0.2) is 0 Å². The van der Waals surface area contributed by atoms with Crippen molar-refractivity contribution in [3.8, 4) is 0 Å². The Bertz CT molecular complexity index is 582. The molecule has 0 unspecified atom stereocenters. The molecule has 3 rings (SSSR count). The average Bonchev–Trinajstić information content (AvgIpc) is 2.44. The first-order valence-corrected chi connectivity index (χ1v) is 7.95. The van der Waals surface area contributed by atoms with E-state index in [1.54, 1.807) is 12.1 Å². The summed E-state index contributed by atoms with van der Waals surface area (Å²) < 4.78 is 25.1. The van der Waals surface area contributed by atoms with Crippen LogP contribution in [0.4, 0.5) is 14.5 Å². The van der Waals surface area contributed by atoms with Crippen molar-refractivity contribution in [1.29, 1.82) is 0 Å².